The van der Waals surface area contributed by atoms with Gasteiger partial charge in [-0.1, -0.05) is 23.7 Å². The van der Waals surface area contributed by atoms with E-state index >= 15 is 0 Å². The van der Waals surface area contributed by atoms with Crippen LogP contribution in [0.2, 0.25) is 5.02 Å². The average molecular weight is 403 g/mol. The standard InChI is InChI=1S/C14H18BrClN2.2ClH/c1-2-3-14(18-8-6-17-7-9-18)11-4-5-13(16)12(15)10-11;;/h2,4-5,10,14,17H,1,3,6-9H2;2*1H/t14-;;/m0../s1. The first-order valence-electron chi connectivity index (χ1n) is 6.23. The largest absolute Gasteiger partial charge is 0.314 e. The van der Waals surface area contributed by atoms with Crippen LogP contribution in [-0.4, -0.2) is 31.1 Å². The van der Waals surface area contributed by atoms with Gasteiger partial charge in [0.05, 0.1) is 5.02 Å². The molecule has 20 heavy (non-hydrogen) atoms. The Hall–Kier alpha value is 0.230. The van der Waals surface area contributed by atoms with Crippen molar-refractivity contribution in [1.82, 2.24) is 10.2 Å². The first kappa shape index (κ1) is 20.2. The molecule has 0 radical (unpaired) electrons. The Morgan fingerprint density at radius 2 is 2.00 bits per heavy atom. The lowest BCUT2D eigenvalue weighted by Gasteiger charge is -2.35. The van der Waals surface area contributed by atoms with E-state index in [1.54, 1.807) is 0 Å². The summed E-state index contributed by atoms with van der Waals surface area (Å²) in [5.41, 5.74) is 1.30. The molecule has 1 aliphatic heterocycles. The first-order valence-corrected chi connectivity index (χ1v) is 7.40. The number of hydrogen-bond donors (Lipinski definition) is 1. The fourth-order valence-corrected chi connectivity index (χ4v) is 2.88. The van der Waals surface area contributed by atoms with E-state index in [4.69, 9.17) is 11.6 Å². The Balaban J connectivity index is 0.00000180. The smallest absolute Gasteiger partial charge is 0.0548 e. The van der Waals surface area contributed by atoms with E-state index in [2.05, 4.69) is 44.9 Å². The molecule has 0 unspecified atom stereocenters. The van der Waals surface area contributed by atoms with E-state index in [1.165, 1.54) is 5.56 Å². The number of nitrogens with zero attached hydrogens (tertiary/aromatic N) is 1. The number of hydrogen-bond acceptors (Lipinski definition) is 2. The molecule has 0 amide bonds. The van der Waals surface area contributed by atoms with Crippen LogP contribution in [0.3, 0.4) is 0 Å². The van der Waals surface area contributed by atoms with Crippen LogP contribution in [-0.2, 0) is 0 Å². The third-order valence-corrected chi connectivity index (χ3v) is 4.52. The van der Waals surface area contributed by atoms with Crippen LogP contribution in [0.15, 0.2) is 35.3 Å². The third kappa shape index (κ3) is 5.21. The maximum absolute atomic E-state index is 6.06. The Labute approximate surface area is 146 Å². The van der Waals surface area contributed by atoms with Gasteiger partial charge in [-0.25, -0.2) is 0 Å². The number of rotatable bonds is 4. The SMILES string of the molecule is C=CC[C@@H](c1ccc(Cl)c(Br)c1)N1CCNCC1.Cl.Cl. The van der Waals surface area contributed by atoms with Crippen molar-refractivity contribution in [2.75, 3.05) is 26.2 Å². The molecule has 1 N–H and O–H groups in total. The molecule has 1 fully saturated rings. The van der Waals surface area contributed by atoms with Crippen LogP contribution >= 0.6 is 52.3 Å². The highest BCUT2D eigenvalue weighted by atomic mass is 79.9. The van der Waals surface area contributed by atoms with Crippen LogP contribution in [0.5, 0.6) is 0 Å². The molecule has 1 saturated heterocycles. The fraction of sp³-hybridized carbons (Fsp3) is 0.429. The van der Waals surface area contributed by atoms with Crippen molar-refractivity contribution in [3.8, 4) is 0 Å². The second-order valence-corrected chi connectivity index (χ2v) is 5.76. The van der Waals surface area contributed by atoms with Gasteiger partial charge in [0.15, 0.2) is 0 Å². The van der Waals surface area contributed by atoms with Crippen molar-refractivity contribution < 1.29 is 0 Å². The Bertz CT molecular complexity index is 423. The molecule has 1 aliphatic rings. The summed E-state index contributed by atoms with van der Waals surface area (Å²) in [6, 6.07) is 6.60. The minimum atomic E-state index is 0. The molecule has 114 valence electrons. The molecule has 1 aromatic rings. The molecule has 6 heteroatoms. The van der Waals surface area contributed by atoms with E-state index < -0.39 is 0 Å². The maximum Gasteiger partial charge on any atom is 0.0548 e. The van der Waals surface area contributed by atoms with E-state index in [0.717, 1.165) is 42.1 Å². The van der Waals surface area contributed by atoms with Crippen molar-refractivity contribution in [2.45, 2.75) is 12.5 Å². The molecule has 2 rings (SSSR count). The topological polar surface area (TPSA) is 15.3 Å². The first-order chi connectivity index (χ1) is 8.72. The molecule has 0 spiro atoms. The molecule has 0 saturated carbocycles. The van der Waals surface area contributed by atoms with Gasteiger partial charge in [-0.2, -0.15) is 0 Å². The van der Waals surface area contributed by atoms with Crippen molar-refractivity contribution in [1.29, 1.82) is 0 Å². The van der Waals surface area contributed by atoms with E-state index in [-0.39, 0.29) is 24.8 Å². The van der Waals surface area contributed by atoms with Crippen molar-refractivity contribution in [3.63, 3.8) is 0 Å². The molecule has 2 nitrogen and oxygen atoms in total. The van der Waals surface area contributed by atoms with E-state index in [0.29, 0.717) is 6.04 Å². The highest BCUT2D eigenvalue weighted by Gasteiger charge is 2.21. The number of piperazine rings is 1. The van der Waals surface area contributed by atoms with Gasteiger partial charge in [0.25, 0.3) is 0 Å². The summed E-state index contributed by atoms with van der Waals surface area (Å²) in [5, 5.41) is 4.15. The van der Waals surface area contributed by atoms with Crippen LogP contribution in [0, 0.1) is 0 Å². The molecular weight excluding hydrogens is 382 g/mol. The minimum Gasteiger partial charge on any atom is -0.314 e. The summed E-state index contributed by atoms with van der Waals surface area (Å²) in [6.45, 7) is 8.16. The quantitative estimate of drug-likeness (QED) is 0.748. The summed E-state index contributed by atoms with van der Waals surface area (Å²) in [7, 11) is 0. The molecule has 0 aliphatic carbocycles. The fourth-order valence-electron chi connectivity index (χ4n) is 2.37. The van der Waals surface area contributed by atoms with Crippen molar-refractivity contribution in [3.05, 3.63) is 45.9 Å². The average Bonchev–Trinajstić information content (AvgIpc) is 2.40. The van der Waals surface area contributed by atoms with Gasteiger partial charge in [-0.3, -0.25) is 4.90 Å². The molecule has 0 aromatic heterocycles. The Morgan fingerprint density at radius 1 is 1.35 bits per heavy atom. The summed E-state index contributed by atoms with van der Waals surface area (Å²) >= 11 is 9.56. The Morgan fingerprint density at radius 3 is 2.55 bits per heavy atom. The van der Waals surface area contributed by atoms with Gasteiger partial charge in [-0.15, -0.1) is 31.4 Å². The monoisotopic (exact) mass is 400 g/mol. The summed E-state index contributed by atoms with van der Waals surface area (Å²) in [6.07, 6.45) is 2.96. The molecule has 1 aromatic carbocycles. The molecule has 1 heterocycles. The van der Waals surface area contributed by atoms with Gasteiger partial charge in [0, 0.05) is 36.7 Å². The lowest BCUT2D eigenvalue weighted by atomic mass is 10.0. The zero-order chi connectivity index (χ0) is 13.0. The highest BCUT2D eigenvalue weighted by Crippen LogP contribution is 2.30. The summed E-state index contributed by atoms with van der Waals surface area (Å²) in [4.78, 5) is 2.51. The summed E-state index contributed by atoms with van der Waals surface area (Å²) in [5.74, 6) is 0. The third-order valence-electron chi connectivity index (χ3n) is 3.31. The van der Waals surface area contributed by atoms with Crippen molar-refractivity contribution >= 4 is 52.3 Å². The maximum atomic E-state index is 6.06. The second-order valence-electron chi connectivity index (χ2n) is 4.50. The predicted molar refractivity (Wildman–Crippen MR) is 95.6 cm³/mol. The number of nitrogens with one attached hydrogen (secondary N) is 1. The number of benzene rings is 1. The van der Waals surface area contributed by atoms with Gasteiger partial charge in [0.2, 0.25) is 0 Å². The zero-order valence-electron chi connectivity index (χ0n) is 11.1. The lowest BCUT2D eigenvalue weighted by molar-refractivity contribution is 0.174. The van der Waals surface area contributed by atoms with Crippen LogP contribution in [0.4, 0.5) is 0 Å². The van der Waals surface area contributed by atoms with Gasteiger partial charge < -0.3 is 5.32 Å². The lowest BCUT2D eigenvalue weighted by Crippen LogP contribution is -2.45. The van der Waals surface area contributed by atoms with Gasteiger partial charge in [-0.05, 0) is 40.0 Å². The zero-order valence-corrected chi connectivity index (χ0v) is 15.1. The van der Waals surface area contributed by atoms with Crippen LogP contribution < -0.4 is 5.32 Å². The normalized spacial score (nSPS) is 16.7. The number of halogens is 4. The van der Waals surface area contributed by atoms with Crippen LogP contribution in [0.25, 0.3) is 0 Å². The predicted octanol–water partition coefficient (Wildman–Crippen LogP) is 4.47. The molecule has 0 bridgehead atoms. The highest BCUT2D eigenvalue weighted by molar-refractivity contribution is 9.10. The van der Waals surface area contributed by atoms with E-state index in [9.17, 15) is 0 Å². The van der Waals surface area contributed by atoms with Crippen LogP contribution in [0.1, 0.15) is 18.0 Å². The molecular formula is C14H20BrCl3N2. The van der Waals surface area contributed by atoms with Gasteiger partial charge in [0.1, 0.15) is 0 Å². The van der Waals surface area contributed by atoms with Gasteiger partial charge >= 0.3 is 0 Å². The Kier molecular flexibility index (Phi) is 10.2. The molecule has 1 atom stereocenters. The van der Waals surface area contributed by atoms with E-state index in [1.807, 2.05) is 12.1 Å². The second kappa shape index (κ2) is 10.0. The summed E-state index contributed by atoms with van der Waals surface area (Å²) < 4.78 is 0.964. The van der Waals surface area contributed by atoms with Crippen molar-refractivity contribution in [2.24, 2.45) is 0 Å². The minimum absolute atomic E-state index is 0.